The van der Waals surface area contributed by atoms with E-state index in [1.165, 1.54) is 0 Å². The average Bonchev–Trinajstić information content (AvgIpc) is 3.20. The number of carbonyl (C=O) groups excluding carboxylic acids is 1. The van der Waals surface area contributed by atoms with Gasteiger partial charge in [0.2, 0.25) is 0 Å². The number of para-hydroxylation sites is 1. The van der Waals surface area contributed by atoms with Crippen molar-refractivity contribution in [1.82, 2.24) is 9.88 Å². The Labute approximate surface area is 164 Å². The Hall–Kier alpha value is -3.59. The van der Waals surface area contributed by atoms with E-state index in [2.05, 4.69) is 11.1 Å². The first-order chi connectivity index (χ1) is 13.6. The first-order valence-electron chi connectivity index (χ1n) is 9.00. The standard InChI is InChI=1S/C22H21N3O3/c1-16(2)25(14-18-8-5-6-12-24-18)22(26)21-11-10-19(28-21)15-27-20-9-4-3-7-17(20)13-23/h3-12,16H,14-15H2,1-2H3. The van der Waals surface area contributed by atoms with Gasteiger partial charge in [0.05, 0.1) is 17.8 Å². The van der Waals surface area contributed by atoms with Crippen LogP contribution in [0.15, 0.2) is 65.2 Å². The number of hydrogen-bond donors (Lipinski definition) is 0. The normalized spacial score (nSPS) is 10.5. The predicted octanol–water partition coefficient (Wildman–Crippen LogP) is 4.18. The maximum absolute atomic E-state index is 12.9. The van der Waals surface area contributed by atoms with E-state index in [1.54, 1.807) is 47.5 Å². The number of nitrogens with zero attached hydrogens (tertiary/aromatic N) is 3. The number of pyridine rings is 1. The van der Waals surface area contributed by atoms with Crippen LogP contribution in [0.3, 0.4) is 0 Å². The van der Waals surface area contributed by atoms with Gasteiger partial charge in [0.1, 0.15) is 24.2 Å². The Morgan fingerprint density at radius 1 is 1.18 bits per heavy atom. The third kappa shape index (κ3) is 4.57. The average molecular weight is 375 g/mol. The maximum atomic E-state index is 12.9. The first kappa shape index (κ1) is 19.2. The molecule has 0 unspecified atom stereocenters. The van der Waals surface area contributed by atoms with Gasteiger partial charge in [-0.25, -0.2) is 0 Å². The molecule has 0 N–H and O–H groups in total. The van der Waals surface area contributed by atoms with Crippen LogP contribution >= 0.6 is 0 Å². The van der Waals surface area contributed by atoms with E-state index >= 15 is 0 Å². The molecule has 2 heterocycles. The lowest BCUT2D eigenvalue weighted by atomic mass is 10.2. The highest BCUT2D eigenvalue weighted by molar-refractivity contribution is 5.91. The van der Waals surface area contributed by atoms with Gasteiger partial charge >= 0.3 is 0 Å². The molecule has 6 nitrogen and oxygen atoms in total. The second-order valence-corrected chi connectivity index (χ2v) is 6.51. The minimum Gasteiger partial charge on any atom is -0.484 e. The van der Waals surface area contributed by atoms with Crippen molar-refractivity contribution in [2.75, 3.05) is 0 Å². The number of hydrogen-bond acceptors (Lipinski definition) is 5. The highest BCUT2D eigenvalue weighted by Gasteiger charge is 2.22. The molecule has 0 fully saturated rings. The van der Waals surface area contributed by atoms with Gasteiger partial charge in [0.25, 0.3) is 5.91 Å². The molecule has 142 valence electrons. The fourth-order valence-corrected chi connectivity index (χ4v) is 2.70. The summed E-state index contributed by atoms with van der Waals surface area (Å²) in [6, 6.07) is 18.0. The number of carbonyl (C=O) groups is 1. The van der Waals surface area contributed by atoms with Crippen molar-refractivity contribution in [3.05, 3.63) is 83.6 Å². The zero-order valence-electron chi connectivity index (χ0n) is 15.8. The number of furan rings is 1. The summed E-state index contributed by atoms with van der Waals surface area (Å²) in [5.74, 6) is 1.03. The topological polar surface area (TPSA) is 79.4 Å². The zero-order chi connectivity index (χ0) is 19.9. The summed E-state index contributed by atoms with van der Waals surface area (Å²) in [6.45, 7) is 4.44. The van der Waals surface area contributed by atoms with Gasteiger partial charge in [-0.1, -0.05) is 18.2 Å². The molecule has 0 atom stereocenters. The van der Waals surface area contributed by atoms with Crippen LogP contribution in [0.4, 0.5) is 0 Å². The smallest absolute Gasteiger partial charge is 0.290 e. The van der Waals surface area contributed by atoms with Crippen molar-refractivity contribution in [2.45, 2.75) is 33.0 Å². The molecule has 0 radical (unpaired) electrons. The minimum atomic E-state index is -0.204. The maximum Gasteiger partial charge on any atom is 0.290 e. The molecular weight excluding hydrogens is 354 g/mol. The van der Waals surface area contributed by atoms with Gasteiger partial charge in [-0.15, -0.1) is 0 Å². The predicted molar refractivity (Wildman–Crippen MR) is 103 cm³/mol. The lowest BCUT2D eigenvalue weighted by Crippen LogP contribution is -2.36. The Morgan fingerprint density at radius 2 is 1.96 bits per heavy atom. The molecule has 3 aromatic rings. The first-order valence-corrected chi connectivity index (χ1v) is 9.00. The Balaban J connectivity index is 1.69. The molecule has 0 bridgehead atoms. The molecule has 0 aliphatic carbocycles. The van der Waals surface area contributed by atoms with Crippen molar-refractivity contribution in [1.29, 1.82) is 5.26 Å². The number of rotatable bonds is 7. The lowest BCUT2D eigenvalue weighted by molar-refractivity contribution is 0.0651. The molecule has 3 rings (SSSR count). The quantitative estimate of drug-likeness (QED) is 0.619. The molecular formula is C22H21N3O3. The van der Waals surface area contributed by atoms with Gasteiger partial charge < -0.3 is 14.1 Å². The Morgan fingerprint density at radius 3 is 2.68 bits per heavy atom. The number of nitriles is 1. The Kier molecular flexibility index (Phi) is 6.07. The summed E-state index contributed by atoms with van der Waals surface area (Å²) in [6.07, 6.45) is 1.71. The van der Waals surface area contributed by atoms with Crippen molar-refractivity contribution in [3.63, 3.8) is 0 Å². The molecule has 2 aromatic heterocycles. The van der Waals surface area contributed by atoms with Gasteiger partial charge in [-0.2, -0.15) is 5.26 Å². The van der Waals surface area contributed by atoms with Crippen LogP contribution in [0.25, 0.3) is 0 Å². The van der Waals surface area contributed by atoms with E-state index in [1.807, 2.05) is 32.0 Å². The summed E-state index contributed by atoms with van der Waals surface area (Å²) >= 11 is 0. The molecule has 1 amide bonds. The number of benzene rings is 1. The van der Waals surface area contributed by atoms with Crippen LogP contribution in [-0.2, 0) is 13.2 Å². The van der Waals surface area contributed by atoms with Crippen molar-refractivity contribution in [2.24, 2.45) is 0 Å². The fourth-order valence-electron chi connectivity index (χ4n) is 2.70. The summed E-state index contributed by atoms with van der Waals surface area (Å²) < 4.78 is 11.3. The Bertz CT molecular complexity index is 974. The second-order valence-electron chi connectivity index (χ2n) is 6.51. The van der Waals surface area contributed by atoms with Gasteiger partial charge in [0, 0.05) is 12.2 Å². The third-order valence-electron chi connectivity index (χ3n) is 4.19. The van der Waals surface area contributed by atoms with E-state index in [0.29, 0.717) is 23.6 Å². The number of aromatic nitrogens is 1. The molecule has 1 aromatic carbocycles. The van der Waals surface area contributed by atoms with E-state index in [-0.39, 0.29) is 24.3 Å². The summed E-state index contributed by atoms with van der Waals surface area (Å²) in [5.41, 5.74) is 1.26. The van der Waals surface area contributed by atoms with Gasteiger partial charge in [-0.3, -0.25) is 9.78 Å². The monoisotopic (exact) mass is 375 g/mol. The summed E-state index contributed by atoms with van der Waals surface area (Å²) in [7, 11) is 0. The highest BCUT2D eigenvalue weighted by Crippen LogP contribution is 2.20. The molecule has 0 aliphatic rings. The third-order valence-corrected chi connectivity index (χ3v) is 4.19. The highest BCUT2D eigenvalue weighted by atomic mass is 16.5. The molecule has 0 aliphatic heterocycles. The van der Waals surface area contributed by atoms with Crippen LogP contribution in [0.2, 0.25) is 0 Å². The second kappa shape index (κ2) is 8.87. The van der Waals surface area contributed by atoms with Crippen LogP contribution in [0, 0.1) is 11.3 Å². The fraction of sp³-hybridized carbons (Fsp3) is 0.227. The van der Waals surface area contributed by atoms with Crippen LogP contribution in [-0.4, -0.2) is 21.8 Å². The molecule has 0 saturated carbocycles. The van der Waals surface area contributed by atoms with Gasteiger partial charge in [-0.05, 0) is 50.2 Å². The number of ether oxygens (including phenoxy) is 1. The molecule has 28 heavy (non-hydrogen) atoms. The molecule has 0 saturated heterocycles. The van der Waals surface area contributed by atoms with Crippen molar-refractivity contribution < 1.29 is 13.9 Å². The largest absolute Gasteiger partial charge is 0.484 e. The van der Waals surface area contributed by atoms with E-state index < -0.39 is 0 Å². The lowest BCUT2D eigenvalue weighted by Gasteiger charge is -2.25. The van der Waals surface area contributed by atoms with Crippen LogP contribution < -0.4 is 4.74 Å². The van der Waals surface area contributed by atoms with E-state index in [0.717, 1.165) is 5.69 Å². The molecule has 0 spiro atoms. The van der Waals surface area contributed by atoms with E-state index in [4.69, 9.17) is 14.4 Å². The minimum absolute atomic E-state index is 0.0122. The number of amides is 1. The zero-order valence-corrected chi connectivity index (χ0v) is 15.8. The van der Waals surface area contributed by atoms with Crippen molar-refractivity contribution in [3.8, 4) is 11.8 Å². The summed E-state index contributed by atoms with van der Waals surface area (Å²) in [5, 5.41) is 9.12. The molecule has 6 heteroatoms. The van der Waals surface area contributed by atoms with E-state index in [9.17, 15) is 4.79 Å². The van der Waals surface area contributed by atoms with Gasteiger partial charge in [0.15, 0.2) is 5.76 Å². The van der Waals surface area contributed by atoms with Crippen molar-refractivity contribution >= 4 is 5.91 Å². The summed E-state index contributed by atoms with van der Waals surface area (Å²) in [4.78, 5) is 18.9. The van der Waals surface area contributed by atoms with Crippen LogP contribution in [0.5, 0.6) is 5.75 Å². The SMILES string of the molecule is CC(C)N(Cc1ccccn1)C(=O)c1ccc(COc2ccccc2C#N)o1. The van der Waals surface area contributed by atoms with Crippen LogP contribution in [0.1, 0.15) is 41.4 Å².